The van der Waals surface area contributed by atoms with Crippen LogP contribution in [0.5, 0.6) is 5.75 Å². The fourth-order valence-electron chi connectivity index (χ4n) is 8.01. The summed E-state index contributed by atoms with van der Waals surface area (Å²) in [5.74, 6) is 0.0787. The minimum atomic E-state index is -0.471. The lowest BCUT2D eigenvalue weighted by molar-refractivity contribution is -0.144. The van der Waals surface area contributed by atoms with Crippen LogP contribution in [-0.4, -0.2) is 59.6 Å². The SMILES string of the molecule is CCCCCCCCCCCCCCCOc1ccc(C(=O)OCCOC(=O)CCC/C=C\C[C@@H]2[C@H](/C=C/C[C@H](O)C3(CC)CCC3)[C@H](O)C[C@@H]2Cl)cc1. The zero-order chi connectivity index (χ0) is 38.9. The first kappa shape index (κ1) is 46.0. The van der Waals surface area contributed by atoms with E-state index in [-0.39, 0.29) is 54.3 Å². The van der Waals surface area contributed by atoms with Gasteiger partial charge >= 0.3 is 11.9 Å². The molecule has 2 aliphatic carbocycles. The molecular weight excluding hydrogens is 700 g/mol. The van der Waals surface area contributed by atoms with Crippen molar-refractivity contribution in [1.82, 2.24) is 0 Å². The van der Waals surface area contributed by atoms with Crippen LogP contribution in [0.4, 0.5) is 0 Å². The first-order valence-electron chi connectivity index (χ1n) is 21.7. The molecule has 0 aromatic heterocycles. The topological polar surface area (TPSA) is 102 Å². The molecule has 0 unspecified atom stereocenters. The van der Waals surface area contributed by atoms with Gasteiger partial charge in [0, 0.05) is 17.7 Å². The maximum Gasteiger partial charge on any atom is 0.338 e. The average molecular weight is 774 g/mol. The van der Waals surface area contributed by atoms with Gasteiger partial charge in [0.05, 0.1) is 24.4 Å². The van der Waals surface area contributed by atoms with Crippen LogP contribution in [0, 0.1) is 17.3 Å². The van der Waals surface area contributed by atoms with E-state index < -0.39 is 12.1 Å². The molecule has 0 bridgehead atoms. The minimum Gasteiger partial charge on any atom is -0.494 e. The van der Waals surface area contributed by atoms with E-state index in [1.165, 1.54) is 83.5 Å². The van der Waals surface area contributed by atoms with Gasteiger partial charge in [0.2, 0.25) is 0 Å². The van der Waals surface area contributed by atoms with E-state index in [9.17, 15) is 19.8 Å². The highest BCUT2D eigenvalue weighted by molar-refractivity contribution is 6.21. The van der Waals surface area contributed by atoms with Gasteiger partial charge in [0.1, 0.15) is 19.0 Å². The van der Waals surface area contributed by atoms with E-state index in [2.05, 4.69) is 32.1 Å². The number of rotatable bonds is 30. The molecule has 306 valence electrons. The number of allylic oxidation sites excluding steroid dienone is 2. The van der Waals surface area contributed by atoms with E-state index in [1.54, 1.807) is 24.3 Å². The summed E-state index contributed by atoms with van der Waals surface area (Å²) in [5.41, 5.74) is 0.508. The van der Waals surface area contributed by atoms with Gasteiger partial charge in [-0.2, -0.15) is 0 Å². The molecule has 0 heterocycles. The number of aliphatic hydroxyl groups excluding tert-OH is 2. The molecule has 0 radical (unpaired) electrons. The molecule has 54 heavy (non-hydrogen) atoms. The summed E-state index contributed by atoms with van der Waals surface area (Å²) in [5, 5.41) is 21.3. The summed E-state index contributed by atoms with van der Waals surface area (Å²) < 4.78 is 16.4. The Kier molecular flexibility index (Phi) is 23.3. The minimum absolute atomic E-state index is 0.00264. The number of hydrogen-bond acceptors (Lipinski definition) is 7. The van der Waals surface area contributed by atoms with Gasteiger partial charge in [0.25, 0.3) is 0 Å². The Morgan fingerprint density at radius 3 is 2.07 bits per heavy atom. The predicted octanol–water partition coefficient (Wildman–Crippen LogP) is 11.5. The summed E-state index contributed by atoms with van der Waals surface area (Å²) in [4.78, 5) is 24.6. The molecule has 5 atom stereocenters. The molecular formula is C46H73ClO7. The number of esters is 2. The Bertz CT molecular complexity index is 1200. The number of hydrogen-bond donors (Lipinski definition) is 2. The van der Waals surface area contributed by atoms with Gasteiger partial charge in [0.15, 0.2) is 0 Å². The molecule has 1 aromatic rings. The second kappa shape index (κ2) is 27.3. The standard InChI is InChI=1S/C46H73ClO7/c1-3-5-6-7-8-9-10-11-12-13-14-17-20-33-52-38-29-27-37(28-30-38)45(51)54-35-34-53-44(50)26-19-16-15-18-23-39-40(42(48)36-41(39)47)24-21-25-43(49)46(4-2)31-22-32-46/h15,18,21,24,27-30,39-43,48-49H,3-14,16-17,19-20,22-23,25-26,31-36H2,1-2H3/b18-15-,24-21+/t39-,40+,41+,42-,43+/m1/s1. The highest BCUT2D eigenvalue weighted by atomic mass is 35.5. The summed E-state index contributed by atoms with van der Waals surface area (Å²) in [7, 11) is 0. The third-order valence-electron chi connectivity index (χ3n) is 11.9. The van der Waals surface area contributed by atoms with Crippen LogP contribution in [-0.2, 0) is 14.3 Å². The number of unbranched alkanes of at least 4 members (excludes halogenated alkanes) is 13. The lowest BCUT2D eigenvalue weighted by atomic mass is 9.63. The van der Waals surface area contributed by atoms with Crippen LogP contribution in [0.2, 0.25) is 0 Å². The van der Waals surface area contributed by atoms with Gasteiger partial charge in [-0.1, -0.05) is 122 Å². The van der Waals surface area contributed by atoms with Crippen molar-refractivity contribution in [3.05, 3.63) is 54.1 Å². The summed E-state index contributed by atoms with van der Waals surface area (Å²) >= 11 is 6.62. The normalized spacial score (nSPS) is 21.4. The number of carbonyl (C=O) groups is 2. The van der Waals surface area contributed by atoms with Gasteiger partial charge in [-0.3, -0.25) is 4.79 Å². The van der Waals surface area contributed by atoms with Crippen molar-refractivity contribution in [2.45, 2.75) is 179 Å². The van der Waals surface area contributed by atoms with Crippen LogP contribution in [0.25, 0.3) is 0 Å². The lowest BCUT2D eigenvalue weighted by Crippen LogP contribution is -2.40. The largest absolute Gasteiger partial charge is 0.494 e. The Morgan fingerprint density at radius 1 is 0.833 bits per heavy atom. The maximum atomic E-state index is 12.4. The predicted molar refractivity (Wildman–Crippen MR) is 220 cm³/mol. The van der Waals surface area contributed by atoms with Crippen molar-refractivity contribution in [3.8, 4) is 5.75 Å². The van der Waals surface area contributed by atoms with Crippen LogP contribution in [0.1, 0.15) is 172 Å². The third kappa shape index (κ3) is 17.2. The smallest absolute Gasteiger partial charge is 0.338 e. The van der Waals surface area contributed by atoms with E-state index in [0.29, 0.717) is 31.4 Å². The number of ether oxygens (including phenoxy) is 3. The summed E-state index contributed by atoms with van der Waals surface area (Å²) in [6.45, 7) is 5.13. The Balaban J connectivity index is 1.17. The van der Waals surface area contributed by atoms with E-state index in [0.717, 1.165) is 44.3 Å². The second-order valence-electron chi connectivity index (χ2n) is 15.9. The molecule has 0 saturated heterocycles. The molecule has 1 aromatic carbocycles. The number of aliphatic hydroxyl groups is 2. The van der Waals surface area contributed by atoms with Crippen LogP contribution < -0.4 is 4.74 Å². The fourth-order valence-corrected chi connectivity index (χ4v) is 8.46. The first-order valence-corrected chi connectivity index (χ1v) is 22.1. The Labute approximate surface area is 332 Å². The van der Waals surface area contributed by atoms with Crippen molar-refractivity contribution in [2.24, 2.45) is 17.3 Å². The molecule has 2 saturated carbocycles. The monoisotopic (exact) mass is 773 g/mol. The molecule has 0 spiro atoms. The molecule has 7 nitrogen and oxygen atoms in total. The highest BCUT2D eigenvalue weighted by Gasteiger charge is 2.42. The summed E-state index contributed by atoms with van der Waals surface area (Å²) in [6.07, 6.45) is 32.6. The molecule has 0 amide bonds. The fraction of sp³-hybridized carbons (Fsp3) is 0.739. The molecule has 0 aliphatic heterocycles. The van der Waals surface area contributed by atoms with Crippen molar-refractivity contribution in [3.63, 3.8) is 0 Å². The van der Waals surface area contributed by atoms with Gasteiger partial charge < -0.3 is 24.4 Å². The van der Waals surface area contributed by atoms with Gasteiger partial charge in [-0.15, -0.1) is 11.6 Å². The van der Waals surface area contributed by atoms with Gasteiger partial charge in [-0.05, 0) is 93.4 Å². The molecule has 8 heteroatoms. The Hall–Kier alpha value is -2.35. The lowest BCUT2D eigenvalue weighted by Gasteiger charge is -2.45. The zero-order valence-electron chi connectivity index (χ0n) is 33.7. The first-order chi connectivity index (χ1) is 26.3. The average Bonchev–Trinajstić information content (AvgIpc) is 3.42. The molecule has 3 rings (SSSR count). The number of alkyl halides is 1. The van der Waals surface area contributed by atoms with Crippen molar-refractivity contribution < 1.29 is 34.0 Å². The van der Waals surface area contributed by atoms with Crippen LogP contribution >= 0.6 is 11.6 Å². The highest BCUT2D eigenvalue weighted by Crippen LogP contribution is 2.48. The Morgan fingerprint density at radius 2 is 1.46 bits per heavy atom. The quantitative estimate of drug-likeness (QED) is 0.0347. The van der Waals surface area contributed by atoms with Crippen molar-refractivity contribution in [1.29, 1.82) is 0 Å². The maximum absolute atomic E-state index is 12.4. The summed E-state index contributed by atoms with van der Waals surface area (Å²) in [6, 6.07) is 6.98. The van der Waals surface area contributed by atoms with E-state index >= 15 is 0 Å². The van der Waals surface area contributed by atoms with Crippen LogP contribution in [0.15, 0.2) is 48.6 Å². The van der Waals surface area contributed by atoms with E-state index in [1.807, 2.05) is 6.08 Å². The number of benzene rings is 1. The molecule has 2 aliphatic rings. The molecule has 2 N–H and O–H groups in total. The third-order valence-corrected chi connectivity index (χ3v) is 12.4. The van der Waals surface area contributed by atoms with E-state index in [4.69, 9.17) is 25.8 Å². The van der Waals surface area contributed by atoms with Crippen molar-refractivity contribution in [2.75, 3.05) is 19.8 Å². The van der Waals surface area contributed by atoms with Gasteiger partial charge in [-0.25, -0.2) is 4.79 Å². The van der Waals surface area contributed by atoms with Crippen LogP contribution in [0.3, 0.4) is 0 Å². The molecule has 2 fully saturated rings. The number of halogens is 1. The number of carbonyl (C=O) groups excluding carboxylic acids is 2. The zero-order valence-corrected chi connectivity index (χ0v) is 34.5. The van der Waals surface area contributed by atoms with Crippen molar-refractivity contribution >= 4 is 23.5 Å². The second-order valence-corrected chi connectivity index (χ2v) is 16.4.